The molecular weight excluding hydrogens is 442 g/mol. The number of amides is 1. The highest BCUT2D eigenvalue weighted by Gasteiger charge is 2.39. The summed E-state index contributed by atoms with van der Waals surface area (Å²) < 4.78 is 32.6. The lowest BCUT2D eigenvalue weighted by molar-refractivity contribution is -0.190. The van der Waals surface area contributed by atoms with Gasteiger partial charge in [0, 0.05) is 43.5 Å². The molecule has 10 heteroatoms. The third-order valence-corrected chi connectivity index (χ3v) is 7.57. The van der Waals surface area contributed by atoms with E-state index in [1.165, 1.54) is 0 Å². The van der Waals surface area contributed by atoms with E-state index in [9.17, 15) is 13.6 Å². The summed E-state index contributed by atoms with van der Waals surface area (Å²) in [6, 6.07) is 1.95. The summed E-state index contributed by atoms with van der Waals surface area (Å²) >= 11 is 0. The second kappa shape index (κ2) is 9.73. The fourth-order valence-electron chi connectivity index (χ4n) is 5.87. The molecule has 0 aromatic carbocycles. The number of ether oxygens (including phenoxy) is 1. The molecule has 2 aromatic rings. The fraction of sp³-hybridized carbons (Fsp3) is 0.708. The lowest BCUT2D eigenvalue weighted by Gasteiger charge is -2.40. The molecule has 3 aliphatic rings. The van der Waals surface area contributed by atoms with Gasteiger partial charge >= 0.3 is 6.61 Å². The van der Waals surface area contributed by atoms with E-state index in [1.807, 2.05) is 24.1 Å². The van der Waals surface area contributed by atoms with Crippen molar-refractivity contribution in [3.05, 3.63) is 23.5 Å². The second-order valence-corrected chi connectivity index (χ2v) is 9.98. The van der Waals surface area contributed by atoms with Gasteiger partial charge in [-0.2, -0.15) is 13.9 Å². The van der Waals surface area contributed by atoms with Gasteiger partial charge in [-0.05, 0) is 45.4 Å². The first kappa shape index (κ1) is 23.4. The number of carbonyl (C=O) groups is 1. The van der Waals surface area contributed by atoms with Crippen LogP contribution in [-0.2, 0) is 9.53 Å². The van der Waals surface area contributed by atoms with Crippen molar-refractivity contribution in [3.63, 3.8) is 0 Å². The number of piperidine rings is 1. The molecule has 2 aliphatic heterocycles. The first-order valence-corrected chi connectivity index (χ1v) is 12.5. The lowest BCUT2D eigenvalue weighted by Crippen LogP contribution is -2.47. The minimum atomic E-state index is -2.86. The average Bonchev–Trinajstić information content (AvgIpc) is 3.43. The van der Waals surface area contributed by atoms with Crippen LogP contribution in [0.5, 0.6) is 0 Å². The number of rotatable bonds is 5. The summed E-state index contributed by atoms with van der Waals surface area (Å²) in [5.74, 6) is 0.326. The van der Waals surface area contributed by atoms with Crippen LogP contribution in [0.4, 0.5) is 14.6 Å². The SMILES string of the molecule is Cc1cn2nc([C@@H]3CCCCN3C(=O)C3CCCCC3OC(F)F)cc2nc1N1CC[C@H](N)C1. The number of aryl methyl sites for hydroxylation is 1. The van der Waals surface area contributed by atoms with Gasteiger partial charge in [-0.15, -0.1) is 0 Å². The Hall–Kier alpha value is -2.33. The maximum Gasteiger partial charge on any atom is 0.345 e. The topological polar surface area (TPSA) is 89.0 Å². The third kappa shape index (κ3) is 4.62. The van der Waals surface area contributed by atoms with Crippen molar-refractivity contribution >= 4 is 17.4 Å². The summed E-state index contributed by atoms with van der Waals surface area (Å²) in [5.41, 5.74) is 8.67. The zero-order valence-electron chi connectivity index (χ0n) is 19.7. The molecule has 1 aliphatic carbocycles. The lowest BCUT2D eigenvalue weighted by atomic mass is 9.84. The van der Waals surface area contributed by atoms with Gasteiger partial charge in [-0.1, -0.05) is 12.8 Å². The maximum atomic E-state index is 13.6. The van der Waals surface area contributed by atoms with Gasteiger partial charge in [-0.3, -0.25) is 4.79 Å². The largest absolute Gasteiger partial charge is 0.355 e. The number of halogens is 2. The minimum Gasteiger partial charge on any atom is -0.355 e. The summed E-state index contributed by atoms with van der Waals surface area (Å²) in [6.07, 6.45) is 7.67. The summed E-state index contributed by atoms with van der Waals surface area (Å²) in [4.78, 5) is 22.5. The summed E-state index contributed by atoms with van der Waals surface area (Å²) in [5, 5.41) is 4.79. The van der Waals surface area contributed by atoms with E-state index in [1.54, 1.807) is 4.52 Å². The third-order valence-electron chi connectivity index (χ3n) is 7.57. The van der Waals surface area contributed by atoms with E-state index in [4.69, 9.17) is 20.6 Å². The van der Waals surface area contributed by atoms with Crippen LogP contribution in [0.25, 0.3) is 5.65 Å². The Morgan fingerprint density at radius 3 is 2.71 bits per heavy atom. The molecule has 2 saturated heterocycles. The Morgan fingerprint density at radius 1 is 1.15 bits per heavy atom. The number of nitrogens with zero attached hydrogens (tertiary/aromatic N) is 5. The van der Waals surface area contributed by atoms with Crippen molar-refractivity contribution in [3.8, 4) is 0 Å². The van der Waals surface area contributed by atoms with Crippen LogP contribution in [-0.4, -0.2) is 63.8 Å². The van der Waals surface area contributed by atoms with Crippen molar-refractivity contribution in [2.24, 2.45) is 11.7 Å². The van der Waals surface area contributed by atoms with Crippen LogP contribution in [0.3, 0.4) is 0 Å². The van der Waals surface area contributed by atoms with Gasteiger partial charge < -0.3 is 20.3 Å². The zero-order valence-corrected chi connectivity index (χ0v) is 19.7. The number of anilines is 1. The average molecular weight is 477 g/mol. The number of fused-ring (bicyclic) bond motifs is 1. The van der Waals surface area contributed by atoms with Crippen molar-refractivity contribution < 1.29 is 18.3 Å². The first-order chi connectivity index (χ1) is 16.4. The molecule has 3 fully saturated rings. The standard InChI is InChI=1S/C24H34F2N6O2/c1-15-13-32-21(28-22(15)30-11-9-16(27)14-30)12-18(29-32)19-7-4-5-10-31(19)23(33)17-6-2-3-8-20(17)34-24(25)26/h12-13,16-17,19-20,24H,2-11,14,27H2,1H3/t16-,17?,19-,20?/m0/s1. The van der Waals surface area contributed by atoms with E-state index in [2.05, 4.69) is 4.90 Å². The molecule has 4 heterocycles. The quantitative estimate of drug-likeness (QED) is 0.711. The molecule has 1 saturated carbocycles. The van der Waals surface area contributed by atoms with Crippen LogP contribution >= 0.6 is 0 Å². The molecule has 186 valence electrons. The molecule has 2 aromatic heterocycles. The van der Waals surface area contributed by atoms with E-state index >= 15 is 0 Å². The van der Waals surface area contributed by atoms with Crippen LogP contribution in [0.15, 0.2) is 12.3 Å². The van der Waals surface area contributed by atoms with Crippen LogP contribution in [0.2, 0.25) is 0 Å². The van der Waals surface area contributed by atoms with Gasteiger partial charge in [0.1, 0.15) is 5.82 Å². The molecule has 4 atom stereocenters. The normalized spacial score (nSPS) is 28.3. The summed E-state index contributed by atoms with van der Waals surface area (Å²) in [6.45, 7) is 1.45. The second-order valence-electron chi connectivity index (χ2n) is 9.98. The Bertz CT molecular complexity index is 1030. The van der Waals surface area contributed by atoms with E-state index < -0.39 is 18.6 Å². The minimum absolute atomic E-state index is 0.0806. The predicted molar refractivity (Wildman–Crippen MR) is 124 cm³/mol. The highest BCUT2D eigenvalue weighted by molar-refractivity contribution is 5.80. The van der Waals surface area contributed by atoms with Crippen molar-refractivity contribution in [2.45, 2.75) is 83.1 Å². The Kier molecular flexibility index (Phi) is 6.70. The zero-order chi connectivity index (χ0) is 23.8. The Balaban J connectivity index is 1.41. The number of likely N-dealkylation sites (tertiary alicyclic amines) is 1. The molecule has 0 spiro atoms. The molecule has 2 N–H and O–H groups in total. The van der Waals surface area contributed by atoms with E-state index in [-0.39, 0.29) is 18.0 Å². The molecule has 1 amide bonds. The van der Waals surface area contributed by atoms with Crippen molar-refractivity contribution in [1.82, 2.24) is 19.5 Å². The van der Waals surface area contributed by atoms with Gasteiger partial charge in [0.15, 0.2) is 5.65 Å². The molecule has 5 rings (SSSR count). The van der Waals surface area contributed by atoms with Crippen LogP contribution in [0, 0.1) is 12.8 Å². The number of nitrogens with two attached hydrogens (primary N) is 1. The van der Waals surface area contributed by atoms with E-state index in [0.29, 0.717) is 19.4 Å². The molecule has 0 bridgehead atoms. The number of alkyl halides is 2. The van der Waals surface area contributed by atoms with Gasteiger partial charge in [0.25, 0.3) is 0 Å². The molecule has 8 nitrogen and oxygen atoms in total. The number of hydrogen-bond acceptors (Lipinski definition) is 6. The molecule has 34 heavy (non-hydrogen) atoms. The highest BCUT2D eigenvalue weighted by Crippen LogP contribution is 2.36. The molecule has 0 radical (unpaired) electrons. The Morgan fingerprint density at radius 2 is 1.94 bits per heavy atom. The maximum absolute atomic E-state index is 13.6. The van der Waals surface area contributed by atoms with Gasteiger partial charge in [0.2, 0.25) is 5.91 Å². The van der Waals surface area contributed by atoms with Crippen LogP contribution < -0.4 is 10.6 Å². The van der Waals surface area contributed by atoms with Crippen molar-refractivity contribution in [1.29, 1.82) is 0 Å². The first-order valence-electron chi connectivity index (χ1n) is 12.5. The Labute approximate surface area is 198 Å². The summed E-state index contributed by atoms with van der Waals surface area (Å²) in [7, 11) is 0. The highest BCUT2D eigenvalue weighted by atomic mass is 19.3. The monoisotopic (exact) mass is 476 g/mol. The number of hydrogen-bond donors (Lipinski definition) is 1. The molecular formula is C24H34F2N6O2. The number of carbonyl (C=O) groups excluding carboxylic acids is 1. The predicted octanol–water partition coefficient (Wildman–Crippen LogP) is 3.43. The van der Waals surface area contributed by atoms with Crippen LogP contribution in [0.1, 0.15) is 68.7 Å². The smallest absolute Gasteiger partial charge is 0.345 e. The van der Waals surface area contributed by atoms with Gasteiger partial charge in [0.05, 0.1) is 23.8 Å². The molecule has 2 unspecified atom stereocenters. The van der Waals surface area contributed by atoms with Crippen molar-refractivity contribution in [2.75, 3.05) is 24.5 Å². The number of aromatic nitrogens is 3. The van der Waals surface area contributed by atoms with Gasteiger partial charge in [-0.25, -0.2) is 9.50 Å². The van der Waals surface area contributed by atoms with E-state index in [0.717, 1.165) is 74.3 Å². The fourth-order valence-corrected chi connectivity index (χ4v) is 5.87.